The molecule has 0 atom stereocenters. The van der Waals surface area contributed by atoms with Crippen LogP contribution in [-0.2, 0) is 27.5 Å². The van der Waals surface area contributed by atoms with Gasteiger partial charge in [-0.05, 0) is 42.3 Å². The fourth-order valence-electron chi connectivity index (χ4n) is 6.44. The molecule has 2 aromatic heterocycles. The predicted molar refractivity (Wildman–Crippen MR) is 231 cm³/mol. The number of para-hydroxylation sites is 1. The van der Waals surface area contributed by atoms with E-state index in [2.05, 4.69) is 41.2 Å². The number of hydrogen-bond acceptors (Lipinski definition) is 13. The number of hydrogen-bond donors (Lipinski definition) is 8. The summed E-state index contributed by atoms with van der Waals surface area (Å²) in [6, 6.07) is 21.8. The molecule has 60 heavy (non-hydrogen) atoms. The zero-order valence-electron chi connectivity index (χ0n) is 33.9. The largest absolute Gasteiger partial charge is 0.396 e. The predicted octanol–water partition coefficient (Wildman–Crippen LogP) is 2.59. The number of benzene rings is 3. The van der Waals surface area contributed by atoms with Gasteiger partial charge in [0.15, 0.2) is 11.2 Å². The van der Waals surface area contributed by atoms with Gasteiger partial charge in [-0.25, -0.2) is 15.8 Å². The molecule has 0 aliphatic carbocycles. The first-order valence-electron chi connectivity index (χ1n) is 19.6. The van der Waals surface area contributed by atoms with Gasteiger partial charge in [-0.1, -0.05) is 56.3 Å². The molecule has 0 spiro atoms. The highest BCUT2D eigenvalue weighted by atomic mass is 16.2. The number of amides is 4. The van der Waals surface area contributed by atoms with E-state index < -0.39 is 5.56 Å². The maximum Gasteiger partial charge on any atom is 0.280 e. The average molecular weight is 818 g/mol. The zero-order chi connectivity index (χ0) is 43.2. The molecule has 11 N–H and O–H groups in total. The average Bonchev–Trinajstić information content (AvgIpc) is 3.25. The number of anilines is 3. The second kappa shape index (κ2) is 20.9. The van der Waals surface area contributed by atoms with Crippen molar-refractivity contribution >= 4 is 63.5 Å². The van der Waals surface area contributed by atoms with Crippen LogP contribution in [-0.4, -0.2) is 75.3 Å². The fraction of sp³-hybridized carbons (Fsp3) is 0.286. The number of carbonyl (C=O) groups excluding carboxylic acids is 4. The number of carbonyl (C=O) groups is 4. The van der Waals surface area contributed by atoms with Gasteiger partial charge in [-0.15, -0.1) is 0 Å². The van der Waals surface area contributed by atoms with E-state index in [0.29, 0.717) is 40.3 Å². The number of H-pyrrole nitrogens is 1. The third-order valence-electron chi connectivity index (χ3n) is 9.30. The summed E-state index contributed by atoms with van der Waals surface area (Å²) in [6.07, 6.45) is 2.03. The lowest BCUT2D eigenvalue weighted by atomic mass is 9.95. The molecule has 1 aliphatic rings. The van der Waals surface area contributed by atoms with Crippen molar-refractivity contribution in [3.05, 3.63) is 117 Å². The van der Waals surface area contributed by atoms with Crippen LogP contribution in [0.4, 0.5) is 17.3 Å². The molecule has 0 bridgehead atoms. The molecule has 0 radical (unpaired) electrons. The number of fused-ring (bicyclic) bond motifs is 3. The van der Waals surface area contributed by atoms with Crippen molar-refractivity contribution in [2.24, 2.45) is 11.6 Å². The number of nitrogens with two attached hydrogens (primary N) is 3. The topological polar surface area (TPSA) is 272 Å². The van der Waals surface area contributed by atoms with Crippen LogP contribution in [0.15, 0.2) is 83.8 Å². The third kappa shape index (κ3) is 11.2. The molecular formula is C42H51N13O5. The van der Waals surface area contributed by atoms with Gasteiger partial charge in [0.05, 0.1) is 42.1 Å². The van der Waals surface area contributed by atoms with E-state index in [4.69, 9.17) is 17.3 Å². The Labute approximate surface area is 347 Å². The number of nitrogens with zero attached hydrogens (tertiary/aromatic N) is 5. The normalized spacial score (nSPS) is 13.0. The molecule has 314 valence electrons. The van der Waals surface area contributed by atoms with Gasteiger partial charge in [0, 0.05) is 68.3 Å². The van der Waals surface area contributed by atoms with Gasteiger partial charge >= 0.3 is 0 Å². The van der Waals surface area contributed by atoms with Crippen molar-refractivity contribution in [1.29, 1.82) is 0 Å². The summed E-state index contributed by atoms with van der Waals surface area (Å²) in [5.41, 5.74) is 17.7. The Morgan fingerprint density at radius 2 is 1.48 bits per heavy atom. The minimum Gasteiger partial charge on any atom is -0.396 e. The van der Waals surface area contributed by atoms with Crippen LogP contribution < -0.4 is 49.0 Å². The molecule has 1 aliphatic heterocycles. The van der Waals surface area contributed by atoms with E-state index in [1.807, 2.05) is 62.4 Å². The summed E-state index contributed by atoms with van der Waals surface area (Å²) < 4.78 is 0. The van der Waals surface area contributed by atoms with E-state index in [0.717, 1.165) is 16.8 Å². The van der Waals surface area contributed by atoms with Gasteiger partial charge in [-0.3, -0.25) is 29.0 Å². The Morgan fingerprint density at radius 3 is 2.20 bits per heavy atom. The highest BCUT2D eigenvalue weighted by Crippen LogP contribution is 2.36. The molecule has 0 fully saturated rings. The molecule has 3 aromatic carbocycles. The van der Waals surface area contributed by atoms with E-state index in [1.165, 1.54) is 11.2 Å². The van der Waals surface area contributed by atoms with Crippen molar-refractivity contribution in [3.8, 4) is 0 Å². The molecular weight excluding hydrogens is 767 g/mol. The SMILES string of the molecule is CC.CN(N)/C1=C(\N)c2ccccc2CN(C(=O)CCC(=O)NCCNC(=O)CCCNC(=O)c2ccc(NCc3cnc4nc(N)[nH]c(=O)c4n3)cc2)c2ccccc21. The van der Waals surface area contributed by atoms with Gasteiger partial charge in [-0.2, -0.15) is 4.98 Å². The summed E-state index contributed by atoms with van der Waals surface area (Å²) >= 11 is 0. The van der Waals surface area contributed by atoms with E-state index in [1.54, 1.807) is 36.2 Å². The zero-order valence-corrected chi connectivity index (χ0v) is 33.9. The van der Waals surface area contributed by atoms with Crippen LogP contribution in [0.2, 0.25) is 0 Å². The minimum absolute atomic E-state index is 0.0324. The molecule has 0 saturated carbocycles. The lowest BCUT2D eigenvalue weighted by molar-refractivity contribution is -0.125. The molecule has 6 rings (SSSR count). The van der Waals surface area contributed by atoms with E-state index in [-0.39, 0.29) is 92.7 Å². The highest BCUT2D eigenvalue weighted by Gasteiger charge is 2.27. The van der Waals surface area contributed by atoms with Crippen molar-refractivity contribution in [3.63, 3.8) is 0 Å². The number of aromatic amines is 1. The van der Waals surface area contributed by atoms with Gasteiger partial charge in [0.1, 0.15) is 0 Å². The molecule has 18 heteroatoms. The number of hydrazine groups is 1. The van der Waals surface area contributed by atoms with Crippen molar-refractivity contribution in [2.45, 2.75) is 52.6 Å². The van der Waals surface area contributed by atoms with Crippen LogP contribution in [0.25, 0.3) is 22.6 Å². The first-order chi connectivity index (χ1) is 29.0. The summed E-state index contributed by atoms with van der Waals surface area (Å²) in [5, 5.41) is 12.9. The van der Waals surface area contributed by atoms with Crippen LogP contribution in [0.5, 0.6) is 0 Å². The fourth-order valence-corrected chi connectivity index (χ4v) is 6.44. The number of rotatable bonds is 15. The molecule has 5 aromatic rings. The molecule has 4 amide bonds. The Hall–Kier alpha value is -7.34. The summed E-state index contributed by atoms with van der Waals surface area (Å²) in [4.78, 5) is 79.9. The Bertz CT molecular complexity index is 2410. The number of nitrogens with one attached hydrogen (secondary N) is 5. The first-order valence-corrected chi connectivity index (χ1v) is 19.6. The lowest BCUT2D eigenvalue weighted by Crippen LogP contribution is -2.37. The Balaban J connectivity index is 0.00000336. The maximum absolute atomic E-state index is 13.6. The van der Waals surface area contributed by atoms with Crippen molar-refractivity contribution in [1.82, 2.24) is 40.9 Å². The van der Waals surface area contributed by atoms with Crippen LogP contribution >= 0.6 is 0 Å². The summed E-state index contributed by atoms with van der Waals surface area (Å²) in [7, 11) is 1.69. The monoisotopic (exact) mass is 817 g/mol. The van der Waals surface area contributed by atoms with Crippen LogP contribution in [0.3, 0.4) is 0 Å². The second-order valence-corrected chi connectivity index (χ2v) is 13.5. The molecule has 0 saturated heterocycles. The number of aromatic nitrogens is 4. The van der Waals surface area contributed by atoms with E-state index in [9.17, 15) is 24.0 Å². The second-order valence-electron chi connectivity index (χ2n) is 13.5. The quantitative estimate of drug-likeness (QED) is 0.0429. The van der Waals surface area contributed by atoms with E-state index >= 15 is 0 Å². The van der Waals surface area contributed by atoms with Crippen LogP contribution in [0.1, 0.15) is 72.3 Å². The lowest BCUT2D eigenvalue weighted by Gasteiger charge is -2.32. The van der Waals surface area contributed by atoms with Gasteiger partial charge in [0.2, 0.25) is 23.7 Å². The van der Waals surface area contributed by atoms with Crippen molar-refractivity contribution < 1.29 is 19.2 Å². The van der Waals surface area contributed by atoms with Crippen LogP contribution in [0, 0.1) is 0 Å². The smallest absolute Gasteiger partial charge is 0.280 e. The summed E-state index contributed by atoms with van der Waals surface area (Å²) in [5.74, 6) is 5.14. The molecule has 3 heterocycles. The molecule has 18 nitrogen and oxygen atoms in total. The van der Waals surface area contributed by atoms with Gasteiger partial charge in [0.25, 0.3) is 11.5 Å². The molecule has 0 unspecified atom stereocenters. The third-order valence-corrected chi connectivity index (χ3v) is 9.30. The van der Waals surface area contributed by atoms with Crippen molar-refractivity contribution in [2.75, 3.05) is 42.6 Å². The first kappa shape index (κ1) is 43.8. The Kier molecular flexibility index (Phi) is 15.2. The minimum atomic E-state index is -0.475. The number of nitrogen functional groups attached to an aromatic ring is 1. The highest BCUT2D eigenvalue weighted by molar-refractivity contribution is 6.02. The maximum atomic E-state index is 13.6. The van der Waals surface area contributed by atoms with Gasteiger partial charge < -0.3 is 42.6 Å². The Morgan fingerprint density at radius 1 is 0.817 bits per heavy atom. The standard InChI is InChI=1S/C40H45N13O5.C2H6/c1-52(43)36-29-9-4-5-10-30(29)53(23-25-7-2-3-8-28(25)34(36)41)33(56)17-16-32(55)45-20-19-44-31(54)11-6-18-46-38(57)24-12-14-26(15-13-24)47-21-27-22-48-37-35(49-27)39(58)51-40(42)50-37;1-2/h2-5,7-10,12-15,22,47H,6,11,16-21,23,41,43H2,1H3,(H,44,54)(H,45,55)(H,46,57)(H3,42,48,50,51,58);1-2H3/b36-34-;. The summed E-state index contributed by atoms with van der Waals surface area (Å²) in [6.45, 7) is 5.24.